The monoisotopic (exact) mass is 391 g/mol. The van der Waals surface area contributed by atoms with E-state index in [2.05, 4.69) is 42.7 Å². The first-order valence-electron chi connectivity index (χ1n) is 8.67. The van der Waals surface area contributed by atoms with Gasteiger partial charge in [0.05, 0.1) is 15.6 Å². The van der Waals surface area contributed by atoms with Crippen LogP contribution in [0.5, 0.6) is 0 Å². The molecule has 0 saturated heterocycles. The van der Waals surface area contributed by atoms with Gasteiger partial charge in [0.25, 0.3) is 0 Å². The standard InChI is InChI=1S/C23H18FNS2/c1-26-20-13-9-18(10-14-20)23-22(17-7-11-19(24)12-8-17)25-21(27-23)15-16-5-3-2-4-6-16/h2-14H,15H2,1H3. The van der Waals surface area contributed by atoms with Gasteiger partial charge in [0.1, 0.15) is 5.82 Å². The molecule has 0 amide bonds. The molecule has 4 heteroatoms. The molecule has 134 valence electrons. The number of halogens is 1. The predicted molar refractivity (Wildman–Crippen MR) is 114 cm³/mol. The van der Waals surface area contributed by atoms with E-state index in [-0.39, 0.29) is 5.82 Å². The highest BCUT2D eigenvalue weighted by Gasteiger charge is 2.15. The molecule has 0 atom stereocenters. The number of rotatable bonds is 5. The Morgan fingerprint density at radius 2 is 1.52 bits per heavy atom. The second kappa shape index (κ2) is 8.07. The molecule has 0 aliphatic rings. The molecule has 0 aliphatic carbocycles. The highest BCUT2D eigenvalue weighted by atomic mass is 32.2. The first kappa shape index (κ1) is 18.0. The van der Waals surface area contributed by atoms with E-state index >= 15 is 0 Å². The second-order valence-electron chi connectivity index (χ2n) is 6.18. The third-order valence-corrected chi connectivity index (χ3v) is 6.19. The molecule has 0 saturated carbocycles. The number of aromatic nitrogens is 1. The van der Waals surface area contributed by atoms with Crippen molar-refractivity contribution in [3.05, 3.63) is 95.3 Å². The molecule has 27 heavy (non-hydrogen) atoms. The quantitative estimate of drug-likeness (QED) is 0.342. The Kier molecular flexibility index (Phi) is 5.37. The van der Waals surface area contributed by atoms with Gasteiger partial charge in [-0.15, -0.1) is 23.1 Å². The lowest BCUT2D eigenvalue weighted by atomic mass is 10.1. The van der Waals surface area contributed by atoms with Gasteiger partial charge in [-0.1, -0.05) is 42.5 Å². The van der Waals surface area contributed by atoms with Gasteiger partial charge in [-0.2, -0.15) is 0 Å². The molecule has 0 N–H and O–H groups in total. The van der Waals surface area contributed by atoms with Crippen molar-refractivity contribution in [2.45, 2.75) is 11.3 Å². The van der Waals surface area contributed by atoms with E-state index in [4.69, 9.17) is 4.98 Å². The molecule has 0 bridgehead atoms. The van der Waals surface area contributed by atoms with E-state index in [9.17, 15) is 4.39 Å². The number of hydrogen-bond acceptors (Lipinski definition) is 3. The lowest BCUT2D eigenvalue weighted by Crippen LogP contribution is -1.87. The van der Waals surface area contributed by atoms with E-state index in [0.717, 1.165) is 33.1 Å². The van der Waals surface area contributed by atoms with Crippen LogP contribution in [0, 0.1) is 5.82 Å². The Morgan fingerprint density at radius 1 is 0.852 bits per heavy atom. The minimum absolute atomic E-state index is 0.232. The van der Waals surface area contributed by atoms with E-state index in [1.807, 2.05) is 18.2 Å². The van der Waals surface area contributed by atoms with Crippen LogP contribution in [0.15, 0.2) is 83.8 Å². The summed E-state index contributed by atoms with van der Waals surface area (Å²) in [6.45, 7) is 0. The molecule has 0 radical (unpaired) electrons. The Hall–Kier alpha value is -2.43. The average Bonchev–Trinajstić information content (AvgIpc) is 3.13. The highest BCUT2D eigenvalue weighted by Crippen LogP contribution is 2.38. The minimum Gasteiger partial charge on any atom is -0.240 e. The number of benzene rings is 3. The maximum absolute atomic E-state index is 13.4. The SMILES string of the molecule is CSc1ccc(-c2sc(Cc3ccccc3)nc2-c2ccc(F)cc2)cc1. The zero-order valence-electron chi connectivity index (χ0n) is 14.9. The summed E-state index contributed by atoms with van der Waals surface area (Å²) < 4.78 is 13.4. The molecule has 4 rings (SSSR count). The molecule has 1 heterocycles. The fraction of sp³-hybridized carbons (Fsp3) is 0.0870. The van der Waals surface area contributed by atoms with Gasteiger partial charge >= 0.3 is 0 Å². The van der Waals surface area contributed by atoms with Crippen LogP contribution < -0.4 is 0 Å². The van der Waals surface area contributed by atoms with Gasteiger partial charge in [-0.3, -0.25) is 0 Å². The fourth-order valence-electron chi connectivity index (χ4n) is 2.95. The van der Waals surface area contributed by atoms with Gasteiger partial charge in [0.15, 0.2) is 0 Å². The lowest BCUT2D eigenvalue weighted by Gasteiger charge is -2.04. The highest BCUT2D eigenvalue weighted by molar-refractivity contribution is 7.98. The van der Waals surface area contributed by atoms with Gasteiger partial charge in [0.2, 0.25) is 0 Å². The van der Waals surface area contributed by atoms with Crippen LogP contribution >= 0.6 is 23.1 Å². The van der Waals surface area contributed by atoms with Crippen LogP contribution in [0.4, 0.5) is 4.39 Å². The number of hydrogen-bond donors (Lipinski definition) is 0. The van der Waals surface area contributed by atoms with Crippen molar-refractivity contribution >= 4 is 23.1 Å². The van der Waals surface area contributed by atoms with Crippen LogP contribution in [0.25, 0.3) is 21.7 Å². The van der Waals surface area contributed by atoms with E-state index in [1.54, 1.807) is 35.2 Å². The van der Waals surface area contributed by atoms with Crippen molar-refractivity contribution in [2.24, 2.45) is 0 Å². The maximum atomic E-state index is 13.4. The smallest absolute Gasteiger partial charge is 0.123 e. The van der Waals surface area contributed by atoms with Crippen molar-refractivity contribution in [1.82, 2.24) is 4.98 Å². The van der Waals surface area contributed by atoms with Gasteiger partial charge in [-0.25, -0.2) is 9.37 Å². The molecule has 3 aromatic carbocycles. The van der Waals surface area contributed by atoms with Crippen molar-refractivity contribution < 1.29 is 4.39 Å². The molecular formula is C23H18FNS2. The Morgan fingerprint density at radius 3 is 2.19 bits per heavy atom. The molecule has 1 aromatic heterocycles. The number of thiazole rings is 1. The average molecular weight is 392 g/mol. The van der Waals surface area contributed by atoms with Gasteiger partial charge in [0, 0.05) is 16.9 Å². The van der Waals surface area contributed by atoms with E-state index in [0.29, 0.717) is 0 Å². The lowest BCUT2D eigenvalue weighted by molar-refractivity contribution is 0.628. The van der Waals surface area contributed by atoms with Crippen molar-refractivity contribution in [3.8, 4) is 21.7 Å². The molecule has 0 spiro atoms. The summed E-state index contributed by atoms with van der Waals surface area (Å²) >= 11 is 3.44. The summed E-state index contributed by atoms with van der Waals surface area (Å²) in [4.78, 5) is 7.27. The molecular weight excluding hydrogens is 373 g/mol. The van der Waals surface area contributed by atoms with Crippen LogP contribution in [-0.4, -0.2) is 11.2 Å². The number of thioether (sulfide) groups is 1. The first-order valence-corrected chi connectivity index (χ1v) is 10.7. The summed E-state index contributed by atoms with van der Waals surface area (Å²) in [6.07, 6.45) is 2.87. The van der Waals surface area contributed by atoms with Crippen LogP contribution in [0.1, 0.15) is 10.6 Å². The van der Waals surface area contributed by atoms with Gasteiger partial charge in [-0.05, 0) is 53.8 Å². The Balaban J connectivity index is 1.77. The summed E-state index contributed by atoms with van der Waals surface area (Å²) in [5.74, 6) is -0.232. The van der Waals surface area contributed by atoms with Crippen LogP contribution in [0.3, 0.4) is 0 Å². The second-order valence-corrected chi connectivity index (χ2v) is 8.15. The predicted octanol–water partition coefficient (Wildman–Crippen LogP) is 6.93. The van der Waals surface area contributed by atoms with Crippen molar-refractivity contribution in [2.75, 3.05) is 6.26 Å². The van der Waals surface area contributed by atoms with E-state index in [1.165, 1.54) is 22.6 Å². The Bertz CT molecular complexity index is 1020. The maximum Gasteiger partial charge on any atom is 0.123 e. The molecule has 4 aromatic rings. The first-order chi connectivity index (χ1) is 13.2. The fourth-order valence-corrected chi connectivity index (χ4v) is 4.49. The van der Waals surface area contributed by atoms with Crippen molar-refractivity contribution in [1.29, 1.82) is 0 Å². The topological polar surface area (TPSA) is 12.9 Å². The Labute approximate surface area is 166 Å². The summed E-state index contributed by atoms with van der Waals surface area (Å²) in [5.41, 5.74) is 4.24. The summed E-state index contributed by atoms with van der Waals surface area (Å²) in [7, 11) is 0. The van der Waals surface area contributed by atoms with E-state index < -0.39 is 0 Å². The third kappa shape index (κ3) is 4.12. The summed E-state index contributed by atoms with van der Waals surface area (Å²) in [5, 5.41) is 1.06. The molecule has 0 fully saturated rings. The summed E-state index contributed by atoms with van der Waals surface area (Å²) in [6, 6.07) is 25.5. The normalized spacial score (nSPS) is 10.9. The largest absolute Gasteiger partial charge is 0.240 e. The van der Waals surface area contributed by atoms with Crippen LogP contribution in [-0.2, 0) is 6.42 Å². The molecule has 0 unspecified atom stereocenters. The van der Waals surface area contributed by atoms with Crippen LogP contribution in [0.2, 0.25) is 0 Å². The van der Waals surface area contributed by atoms with Gasteiger partial charge < -0.3 is 0 Å². The van der Waals surface area contributed by atoms with Crippen molar-refractivity contribution in [3.63, 3.8) is 0 Å². The third-order valence-electron chi connectivity index (χ3n) is 4.34. The number of nitrogens with zero attached hydrogens (tertiary/aromatic N) is 1. The zero-order chi connectivity index (χ0) is 18.6. The minimum atomic E-state index is -0.232. The molecule has 0 aliphatic heterocycles. The molecule has 1 nitrogen and oxygen atoms in total. The zero-order valence-corrected chi connectivity index (χ0v) is 16.5.